The van der Waals surface area contributed by atoms with Gasteiger partial charge in [0.25, 0.3) is 0 Å². The van der Waals surface area contributed by atoms with Crippen molar-refractivity contribution < 1.29 is 19.7 Å². The Balaban J connectivity index is 2.80. The second-order valence-electron chi connectivity index (χ2n) is 2.59. The Morgan fingerprint density at radius 2 is 2.14 bits per heavy atom. The average Bonchev–Trinajstić information content (AvgIpc) is 2.18. The highest BCUT2D eigenvalue weighted by molar-refractivity contribution is 5.90. The van der Waals surface area contributed by atoms with Gasteiger partial charge in [0.2, 0.25) is 0 Å². The summed E-state index contributed by atoms with van der Waals surface area (Å²) in [7, 11) is 0. The fourth-order valence-corrected chi connectivity index (χ4v) is 0.868. The lowest BCUT2D eigenvalue weighted by molar-refractivity contribution is 0.0549. The van der Waals surface area contributed by atoms with Crippen molar-refractivity contribution in [2.24, 2.45) is 0 Å². The summed E-state index contributed by atoms with van der Waals surface area (Å²) in [6.07, 6.45) is 1.44. The van der Waals surface area contributed by atoms with Crippen LogP contribution in [0.15, 0.2) is 30.9 Å². The molecule has 2 N–H and O–H groups in total. The lowest BCUT2D eigenvalue weighted by Gasteiger charge is -2.02. The average molecular weight is 194 g/mol. The van der Waals surface area contributed by atoms with Gasteiger partial charge in [-0.15, -0.1) is 0 Å². The number of phenols is 2. The fraction of sp³-hybridized carbons (Fsp3) is 0.100. The minimum absolute atomic E-state index is 0.112. The Kier molecular flexibility index (Phi) is 3.12. The zero-order chi connectivity index (χ0) is 10.6. The van der Waals surface area contributed by atoms with Gasteiger partial charge in [-0.3, -0.25) is 0 Å². The van der Waals surface area contributed by atoms with Crippen LogP contribution in [0.3, 0.4) is 0 Å². The predicted molar refractivity (Wildman–Crippen MR) is 50.3 cm³/mol. The Hall–Kier alpha value is -1.97. The van der Waals surface area contributed by atoms with E-state index in [4.69, 9.17) is 14.9 Å². The van der Waals surface area contributed by atoms with Crippen LogP contribution < -0.4 is 0 Å². The highest BCUT2D eigenvalue weighted by Gasteiger charge is 2.08. The van der Waals surface area contributed by atoms with Crippen molar-refractivity contribution >= 4 is 5.97 Å². The molecule has 0 atom stereocenters. The van der Waals surface area contributed by atoms with E-state index in [1.807, 2.05) is 0 Å². The number of aromatic hydroxyl groups is 2. The van der Waals surface area contributed by atoms with Gasteiger partial charge in [0.15, 0.2) is 11.5 Å². The fourth-order valence-electron chi connectivity index (χ4n) is 0.868. The van der Waals surface area contributed by atoms with Gasteiger partial charge in [0.05, 0.1) is 5.56 Å². The Morgan fingerprint density at radius 3 is 2.71 bits per heavy atom. The van der Waals surface area contributed by atoms with Crippen molar-refractivity contribution in [2.45, 2.75) is 0 Å². The highest BCUT2D eigenvalue weighted by Crippen LogP contribution is 2.24. The molecule has 0 saturated heterocycles. The summed E-state index contributed by atoms with van der Waals surface area (Å²) in [5.74, 6) is -1.19. The number of carbonyl (C=O) groups is 1. The van der Waals surface area contributed by atoms with Gasteiger partial charge in [-0.25, -0.2) is 4.79 Å². The first-order chi connectivity index (χ1) is 6.65. The monoisotopic (exact) mass is 194 g/mol. The number of benzene rings is 1. The van der Waals surface area contributed by atoms with E-state index in [0.717, 1.165) is 6.07 Å². The van der Waals surface area contributed by atoms with E-state index in [1.165, 1.54) is 18.2 Å². The van der Waals surface area contributed by atoms with Gasteiger partial charge < -0.3 is 14.9 Å². The van der Waals surface area contributed by atoms with E-state index in [2.05, 4.69) is 6.58 Å². The number of rotatable bonds is 3. The largest absolute Gasteiger partial charge is 0.504 e. The number of esters is 1. The van der Waals surface area contributed by atoms with Crippen molar-refractivity contribution in [1.29, 1.82) is 0 Å². The summed E-state index contributed by atoms with van der Waals surface area (Å²) in [5, 5.41) is 18.1. The van der Waals surface area contributed by atoms with Crippen LogP contribution in [0.1, 0.15) is 10.4 Å². The molecule has 0 aromatic heterocycles. The molecule has 1 rings (SSSR count). The van der Waals surface area contributed by atoms with E-state index >= 15 is 0 Å². The van der Waals surface area contributed by atoms with Crippen molar-refractivity contribution in [3.8, 4) is 11.5 Å². The maximum absolute atomic E-state index is 11.2. The number of ether oxygens (including phenoxy) is 1. The molecule has 0 fully saturated rings. The minimum Gasteiger partial charge on any atom is -0.504 e. The second-order valence-corrected chi connectivity index (χ2v) is 2.59. The van der Waals surface area contributed by atoms with Gasteiger partial charge in [0.1, 0.15) is 6.61 Å². The summed E-state index contributed by atoms with van der Waals surface area (Å²) in [5.41, 5.74) is 0.183. The molecule has 0 amide bonds. The van der Waals surface area contributed by atoms with Crippen molar-refractivity contribution in [3.63, 3.8) is 0 Å². The molecule has 0 bridgehead atoms. The van der Waals surface area contributed by atoms with E-state index in [-0.39, 0.29) is 23.7 Å². The third-order valence-corrected chi connectivity index (χ3v) is 1.54. The molecular weight excluding hydrogens is 184 g/mol. The molecule has 0 aliphatic heterocycles. The van der Waals surface area contributed by atoms with Crippen molar-refractivity contribution in [1.82, 2.24) is 0 Å². The van der Waals surface area contributed by atoms with Gasteiger partial charge in [-0.05, 0) is 18.2 Å². The molecule has 1 aromatic rings. The van der Waals surface area contributed by atoms with Crippen LogP contribution in [0.2, 0.25) is 0 Å². The Labute approximate surface area is 81.1 Å². The van der Waals surface area contributed by atoms with Gasteiger partial charge in [-0.2, -0.15) is 0 Å². The smallest absolute Gasteiger partial charge is 0.338 e. The van der Waals surface area contributed by atoms with Crippen molar-refractivity contribution in [2.75, 3.05) is 6.61 Å². The second kappa shape index (κ2) is 4.32. The Bertz CT molecular complexity index is 357. The van der Waals surface area contributed by atoms with Crippen LogP contribution in [-0.4, -0.2) is 22.8 Å². The van der Waals surface area contributed by atoms with Gasteiger partial charge >= 0.3 is 5.97 Å². The quantitative estimate of drug-likeness (QED) is 0.434. The molecule has 0 aliphatic carbocycles. The molecule has 0 aliphatic rings. The van der Waals surface area contributed by atoms with E-state index < -0.39 is 5.97 Å². The molecule has 1 aromatic carbocycles. The molecule has 0 unspecified atom stereocenters. The summed E-state index contributed by atoms with van der Waals surface area (Å²) in [6, 6.07) is 3.72. The normalized spacial score (nSPS) is 9.43. The Morgan fingerprint density at radius 1 is 1.43 bits per heavy atom. The molecule has 4 nitrogen and oxygen atoms in total. The first-order valence-electron chi connectivity index (χ1n) is 3.95. The molecular formula is C10H10O4. The van der Waals surface area contributed by atoms with Crippen LogP contribution in [0, 0.1) is 0 Å². The van der Waals surface area contributed by atoms with Gasteiger partial charge in [-0.1, -0.05) is 12.7 Å². The SMILES string of the molecule is C=CCOC(=O)c1ccc(O)c(O)c1. The summed E-state index contributed by atoms with van der Waals surface area (Å²) < 4.78 is 4.72. The zero-order valence-corrected chi connectivity index (χ0v) is 7.43. The van der Waals surface area contributed by atoms with E-state index in [0.29, 0.717) is 0 Å². The minimum atomic E-state index is -0.569. The topological polar surface area (TPSA) is 66.8 Å². The first-order valence-corrected chi connectivity index (χ1v) is 3.95. The molecule has 74 valence electrons. The highest BCUT2D eigenvalue weighted by atomic mass is 16.5. The number of hydrogen-bond donors (Lipinski definition) is 2. The summed E-state index contributed by atoms with van der Waals surface area (Å²) in [6.45, 7) is 3.50. The molecule has 0 heterocycles. The lowest BCUT2D eigenvalue weighted by atomic mass is 10.2. The lowest BCUT2D eigenvalue weighted by Crippen LogP contribution is -2.04. The number of hydrogen-bond acceptors (Lipinski definition) is 4. The third-order valence-electron chi connectivity index (χ3n) is 1.54. The molecule has 14 heavy (non-hydrogen) atoms. The standard InChI is InChI=1S/C10H10O4/c1-2-5-14-10(13)7-3-4-8(11)9(12)6-7/h2-4,6,11-12H,1,5H2. The zero-order valence-electron chi connectivity index (χ0n) is 7.43. The first kappa shape index (κ1) is 10.1. The van der Waals surface area contributed by atoms with Crippen LogP contribution in [0.4, 0.5) is 0 Å². The molecule has 0 spiro atoms. The van der Waals surface area contributed by atoms with Crippen LogP contribution >= 0.6 is 0 Å². The number of phenolic OH excluding ortho intramolecular Hbond substituents is 2. The molecule has 0 radical (unpaired) electrons. The van der Waals surface area contributed by atoms with Crippen LogP contribution in [0.5, 0.6) is 11.5 Å². The molecule has 0 saturated carbocycles. The maximum atomic E-state index is 11.2. The molecule has 4 heteroatoms. The van der Waals surface area contributed by atoms with E-state index in [1.54, 1.807) is 0 Å². The maximum Gasteiger partial charge on any atom is 0.338 e. The van der Waals surface area contributed by atoms with E-state index in [9.17, 15) is 4.79 Å². The third kappa shape index (κ3) is 2.26. The van der Waals surface area contributed by atoms with Crippen molar-refractivity contribution in [3.05, 3.63) is 36.4 Å². The van der Waals surface area contributed by atoms with Crippen LogP contribution in [-0.2, 0) is 4.74 Å². The van der Waals surface area contributed by atoms with Gasteiger partial charge in [0, 0.05) is 0 Å². The van der Waals surface area contributed by atoms with Crippen LogP contribution in [0.25, 0.3) is 0 Å². The summed E-state index contributed by atoms with van der Waals surface area (Å²) >= 11 is 0. The predicted octanol–water partition coefficient (Wildman–Crippen LogP) is 1.44. The summed E-state index contributed by atoms with van der Waals surface area (Å²) in [4.78, 5) is 11.2. The number of carbonyl (C=O) groups excluding carboxylic acids is 1.